The van der Waals surface area contributed by atoms with Gasteiger partial charge in [0.1, 0.15) is 0 Å². The Morgan fingerprint density at radius 1 is 1.10 bits per heavy atom. The Balaban J connectivity index is 1.70. The van der Waals surface area contributed by atoms with Crippen LogP contribution in [0.3, 0.4) is 0 Å². The van der Waals surface area contributed by atoms with Gasteiger partial charge in [-0.1, -0.05) is 35.7 Å². The van der Waals surface area contributed by atoms with Crippen LogP contribution in [0.2, 0.25) is 5.02 Å². The Kier molecular flexibility index (Phi) is 7.27. The molecule has 1 fully saturated rings. The maximum atomic E-state index is 12.9. The quantitative estimate of drug-likeness (QED) is 0.635. The first-order chi connectivity index (χ1) is 13.8. The first kappa shape index (κ1) is 22.2. The number of piperidine rings is 1. The predicted octanol–water partition coefficient (Wildman–Crippen LogP) is 4.86. The van der Waals surface area contributed by atoms with E-state index < -0.39 is 10.0 Å². The molecule has 2 aromatic carbocycles. The van der Waals surface area contributed by atoms with Crippen molar-refractivity contribution in [3.8, 4) is 0 Å². The van der Waals surface area contributed by atoms with Crippen LogP contribution in [0.25, 0.3) is 0 Å². The van der Waals surface area contributed by atoms with Gasteiger partial charge in [0.2, 0.25) is 15.9 Å². The molecule has 8 heteroatoms. The largest absolute Gasteiger partial charge is 0.324 e. The van der Waals surface area contributed by atoms with E-state index in [0.29, 0.717) is 23.8 Å². The zero-order valence-electron chi connectivity index (χ0n) is 16.6. The summed E-state index contributed by atoms with van der Waals surface area (Å²) < 4.78 is 27.3. The van der Waals surface area contributed by atoms with E-state index >= 15 is 0 Å². The molecule has 2 aromatic rings. The lowest BCUT2D eigenvalue weighted by Gasteiger charge is -2.26. The van der Waals surface area contributed by atoms with E-state index in [0.717, 1.165) is 29.7 Å². The molecule has 5 nitrogen and oxygen atoms in total. The second-order valence-electron chi connectivity index (χ2n) is 7.21. The summed E-state index contributed by atoms with van der Waals surface area (Å²) in [7, 11) is -3.58. The summed E-state index contributed by atoms with van der Waals surface area (Å²) in [6, 6.07) is 10.6. The highest BCUT2D eigenvalue weighted by Gasteiger charge is 2.26. The Morgan fingerprint density at radius 2 is 1.83 bits per heavy atom. The highest BCUT2D eigenvalue weighted by atomic mass is 35.5. The van der Waals surface area contributed by atoms with Crippen molar-refractivity contribution in [3.63, 3.8) is 0 Å². The molecule has 1 saturated heterocycles. The standard InChI is InChI=1S/C21H25ClN2O3S2/c1-15-6-9-20(16(2)12-15)28-14-21(25)23-19-13-17(7-8-18(19)22)29(26,27)24-10-4-3-5-11-24/h6-9,12-13H,3-5,10-11,14H2,1-2H3,(H,23,25). The Hall–Kier alpha value is -1.54. The molecule has 0 saturated carbocycles. The van der Waals surface area contributed by atoms with Crippen LogP contribution >= 0.6 is 23.4 Å². The third-order valence-corrected chi connectivity index (χ3v) is 8.25. The van der Waals surface area contributed by atoms with Crippen LogP contribution in [-0.2, 0) is 14.8 Å². The summed E-state index contributed by atoms with van der Waals surface area (Å²) in [6.07, 6.45) is 2.78. The molecule has 1 aliphatic rings. The Bertz CT molecular complexity index is 1000. The SMILES string of the molecule is Cc1ccc(SCC(=O)Nc2cc(S(=O)(=O)N3CCCCC3)ccc2Cl)c(C)c1. The van der Waals surface area contributed by atoms with E-state index in [1.807, 2.05) is 26.0 Å². The van der Waals surface area contributed by atoms with Gasteiger partial charge in [-0.2, -0.15) is 4.31 Å². The van der Waals surface area contributed by atoms with E-state index in [1.54, 1.807) is 0 Å². The number of hydrogen-bond donors (Lipinski definition) is 1. The maximum Gasteiger partial charge on any atom is 0.243 e. The minimum absolute atomic E-state index is 0.154. The number of aryl methyl sites for hydroxylation is 2. The van der Waals surface area contributed by atoms with Crippen LogP contribution < -0.4 is 5.32 Å². The van der Waals surface area contributed by atoms with Crippen LogP contribution in [0.1, 0.15) is 30.4 Å². The Labute approximate surface area is 181 Å². The lowest BCUT2D eigenvalue weighted by molar-refractivity contribution is -0.113. The molecule has 1 heterocycles. The van der Waals surface area contributed by atoms with Crippen molar-refractivity contribution in [3.05, 3.63) is 52.5 Å². The summed E-state index contributed by atoms with van der Waals surface area (Å²) in [5.41, 5.74) is 2.61. The fourth-order valence-electron chi connectivity index (χ4n) is 3.31. The van der Waals surface area contributed by atoms with E-state index in [4.69, 9.17) is 11.6 Å². The monoisotopic (exact) mass is 452 g/mol. The molecule has 0 unspecified atom stereocenters. The summed E-state index contributed by atoms with van der Waals surface area (Å²) in [5.74, 6) is -0.0204. The molecule has 1 N–H and O–H groups in total. The summed E-state index contributed by atoms with van der Waals surface area (Å²) >= 11 is 7.65. The highest BCUT2D eigenvalue weighted by molar-refractivity contribution is 8.00. The van der Waals surface area contributed by atoms with Crippen molar-refractivity contribution in [1.29, 1.82) is 0 Å². The molecule has 0 radical (unpaired) electrons. The van der Waals surface area contributed by atoms with Gasteiger partial charge in [0.25, 0.3) is 0 Å². The number of nitrogens with zero attached hydrogens (tertiary/aromatic N) is 1. The molecular formula is C21H25ClN2O3S2. The molecule has 0 aromatic heterocycles. The molecular weight excluding hydrogens is 428 g/mol. The third-order valence-electron chi connectivity index (χ3n) is 4.85. The van der Waals surface area contributed by atoms with Crippen LogP contribution in [0.5, 0.6) is 0 Å². The molecule has 3 rings (SSSR count). The molecule has 0 aliphatic carbocycles. The number of benzene rings is 2. The van der Waals surface area contributed by atoms with Gasteiger partial charge in [0.15, 0.2) is 0 Å². The van der Waals surface area contributed by atoms with Gasteiger partial charge in [-0.3, -0.25) is 4.79 Å². The van der Waals surface area contributed by atoms with Crippen LogP contribution in [0, 0.1) is 13.8 Å². The zero-order chi connectivity index (χ0) is 21.0. The number of amides is 1. The first-order valence-electron chi connectivity index (χ1n) is 9.57. The van der Waals surface area contributed by atoms with Crippen molar-refractivity contribution in [2.45, 2.75) is 42.9 Å². The average molecular weight is 453 g/mol. The number of carbonyl (C=O) groups excluding carboxylic acids is 1. The molecule has 156 valence electrons. The smallest absolute Gasteiger partial charge is 0.243 e. The predicted molar refractivity (Wildman–Crippen MR) is 119 cm³/mol. The van der Waals surface area contributed by atoms with Gasteiger partial charge in [-0.15, -0.1) is 11.8 Å². The number of anilines is 1. The average Bonchev–Trinajstić information content (AvgIpc) is 2.69. The van der Waals surface area contributed by atoms with Crippen LogP contribution in [0.4, 0.5) is 5.69 Å². The number of thioether (sulfide) groups is 1. The molecule has 29 heavy (non-hydrogen) atoms. The number of sulfonamides is 1. The molecule has 1 aliphatic heterocycles. The number of nitrogens with one attached hydrogen (secondary N) is 1. The van der Waals surface area contributed by atoms with Crippen LogP contribution in [0.15, 0.2) is 46.2 Å². The van der Waals surface area contributed by atoms with Gasteiger partial charge >= 0.3 is 0 Å². The Morgan fingerprint density at radius 3 is 2.52 bits per heavy atom. The molecule has 0 bridgehead atoms. The van der Waals surface area contributed by atoms with Crippen molar-refractivity contribution < 1.29 is 13.2 Å². The van der Waals surface area contributed by atoms with E-state index in [9.17, 15) is 13.2 Å². The van der Waals surface area contributed by atoms with Crippen molar-refractivity contribution in [2.24, 2.45) is 0 Å². The van der Waals surface area contributed by atoms with E-state index in [2.05, 4.69) is 11.4 Å². The summed E-state index contributed by atoms with van der Waals surface area (Å²) in [6.45, 7) is 5.10. The second-order valence-corrected chi connectivity index (χ2v) is 10.6. The van der Waals surface area contributed by atoms with Gasteiger partial charge in [0.05, 0.1) is 21.4 Å². The lowest BCUT2D eigenvalue weighted by atomic mass is 10.2. The third kappa shape index (κ3) is 5.54. The van der Waals surface area contributed by atoms with Gasteiger partial charge < -0.3 is 5.32 Å². The van der Waals surface area contributed by atoms with Gasteiger partial charge in [-0.25, -0.2) is 8.42 Å². The van der Waals surface area contributed by atoms with Gasteiger partial charge in [0, 0.05) is 18.0 Å². The molecule has 1 amide bonds. The minimum atomic E-state index is -3.58. The number of carbonyl (C=O) groups is 1. The molecule has 0 atom stereocenters. The summed E-state index contributed by atoms with van der Waals surface area (Å²) in [5, 5.41) is 3.06. The maximum absolute atomic E-state index is 12.9. The number of hydrogen-bond acceptors (Lipinski definition) is 4. The zero-order valence-corrected chi connectivity index (χ0v) is 19.0. The van der Waals surface area contributed by atoms with Crippen LogP contribution in [-0.4, -0.2) is 37.5 Å². The first-order valence-corrected chi connectivity index (χ1v) is 12.4. The number of rotatable bonds is 6. The minimum Gasteiger partial charge on any atom is -0.324 e. The highest BCUT2D eigenvalue weighted by Crippen LogP contribution is 2.29. The second kappa shape index (κ2) is 9.51. The van der Waals surface area contributed by atoms with Crippen molar-refractivity contribution in [2.75, 3.05) is 24.2 Å². The lowest BCUT2D eigenvalue weighted by Crippen LogP contribution is -2.35. The molecule has 0 spiro atoms. The van der Waals surface area contributed by atoms with Crippen molar-refractivity contribution >= 4 is 45.0 Å². The van der Waals surface area contributed by atoms with Crippen molar-refractivity contribution in [1.82, 2.24) is 4.31 Å². The van der Waals surface area contributed by atoms with Gasteiger partial charge in [-0.05, 0) is 56.5 Å². The summed E-state index contributed by atoms with van der Waals surface area (Å²) in [4.78, 5) is 13.6. The normalized spacial score (nSPS) is 15.3. The fourth-order valence-corrected chi connectivity index (χ4v) is 5.82. The van der Waals surface area contributed by atoms with E-state index in [-0.39, 0.29) is 16.6 Å². The number of halogens is 1. The van der Waals surface area contributed by atoms with E-state index in [1.165, 1.54) is 39.8 Å². The fraction of sp³-hybridized carbons (Fsp3) is 0.381. The topological polar surface area (TPSA) is 66.5 Å².